The average molecular weight is 252 g/mol. The van der Waals surface area contributed by atoms with Crippen LogP contribution in [0.2, 0.25) is 0 Å². The first kappa shape index (κ1) is 15.2. The van der Waals surface area contributed by atoms with Crippen molar-refractivity contribution in [2.24, 2.45) is 0 Å². The smallest absolute Gasteiger partial charge is 0.132 e. The van der Waals surface area contributed by atoms with Crippen molar-refractivity contribution >= 4 is 5.69 Å². The van der Waals surface area contributed by atoms with Gasteiger partial charge in [-0.1, -0.05) is 31.5 Å². The second-order valence-electron chi connectivity index (χ2n) is 5.29. The number of unbranched alkanes of at least 4 members (excludes halogenated alkanes) is 1. The quantitative estimate of drug-likeness (QED) is 0.569. The maximum atomic E-state index is 10.0. The number of hydrogen-bond acceptors (Lipinski definition) is 2. The number of quaternary nitrogens is 1. The first-order chi connectivity index (χ1) is 8.56. The Morgan fingerprint density at radius 2 is 1.89 bits per heavy atom. The Balaban J connectivity index is 2.40. The van der Waals surface area contributed by atoms with Crippen molar-refractivity contribution in [1.82, 2.24) is 4.48 Å². The van der Waals surface area contributed by atoms with Crippen LogP contribution in [-0.4, -0.2) is 45.1 Å². The summed E-state index contributed by atoms with van der Waals surface area (Å²) < 4.78 is 6.12. The Morgan fingerprint density at radius 1 is 1.22 bits per heavy atom. The molecule has 0 aliphatic heterocycles. The fraction of sp³-hybridized carbons (Fsp3) is 0.600. The molecule has 0 aliphatic rings. The molecule has 1 unspecified atom stereocenters. The summed E-state index contributed by atoms with van der Waals surface area (Å²) in [6.07, 6.45) is 1.77. The highest BCUT2D eigenvalue weighted by Crippen LogP contribution is 2.18. The third kappa shape index (κ3) is 5.17. The molecule has 0 radical (unpaired) electrons. The van der Waals surface area contributed by atoms with E-state index in [2.05, 4.69) is 33.2 Å². The number of ether oxygens (including phenoxy) is 1. The van der Waals surface area contributed by atoms with Crippen LogP contribution in [0.3, 0.4) is 0 Å². The van der Waals surface area contributed by atoms with Gasteiger partial charge in [0.15, 0.2) is 0 Å². The molecule has 0 bridgehead atoms. The number of para-hydroxylation sites is 1. The van der Waals surface area contributed by atoms with Crippen LogP contribution in [0, 0.1) is 0 Å². The zero-order valence-corrected chi connectivity index (χ0v) is 11.8. The van der Waals surface area contributed by atoms with E-state index in [9.17, 15) is 5.11 Å². The van der Waals surface area contributed by atoms with Gasteiger partial charge in [-0.2, -0.15) is 0 Å². The highest BCUT2D eigenvalue weighted by Gasteiger charge is 2.23. The van der Waals surface area contributed by atoms with Crippen molar-refractivity contribution in [2.75, 3.05) is 33.9 Å². The van der Waals surface area contributed by atoms with Gasteiger partial charge in [0, 0.05) is 6.61 Å². The summed E-state index contributed by atoms with van der Waals surface area (Å²) in [6, 6.07) is 10.2. The number of aliphatic hydroxyl groups is 1. The average Bonchev–Trinajstić information content (AvgIpc) is 2.35. The van der Waals surface area contributed by atoms with Gasteiger partial charge < -0.3 is 9.84 Å². The molecule has 0 saturated carbocycles. The number of nitrogens with zero attached hydrogens (tertiary/aromatic N) is 1. The van der Waals surface area contributed by atoms with Crippen LogP contribution in [0.15, 0.2) is 30.3 Å². The van der Waals surface area contributed by atoms with Crippen LogP contribution in [0.25, 0.3) is 0 Å². The molecular weight excluding hydrogens is 226 g/mol. The molecule has 1 rings (SSSR count). The molecule has 1 N–H and O–H groups in total. The molecule has 0 amide bonds. The van der Waals surface area contributed by atoms with E-state index in [-0.39, 0.29) is 0 Å². The lowest BCUT2D eigenvalue weighted by Crippen LogP contribution is -2.47. The Morgan fingerprint density at radius 3 is 2.50 bits per heavy atom. The fourth-order valence-corrected chi connectivity index (χ4v) is 1.98. The first-order valence-electron chi connectivity index (χ1n) is 6.70. The van der Waals surface area contributed by atoms with Crippen molar-refractivity contribution < 1.29 is 9.84 Å². The fourth-order valence-electron chi connectivity index (χ4n) is 1.98. The lowest BCUT2D eigenvalue weighted by molar-refractivity contribution is 0.0240. The topological polar surface area (TPSA) is 29.5 Å². The first-order valence-corrected chi connectivity index (χ1v) is 6.70. The van der Waals surface area contributed by atoms with Gasteiger partial charge in [-0.3, -0.25) is 4.48 Å². The third-order valence-corrected chi connectivity index (χ3v) is 3.07. The highest BCUT2D eigenvalue weighted by atomic mass is 16.5. The van der Waals surface area contributed by atoms with Crippen LogP contribution in [-0.2, 0) is 4.74 Å². The Labute approximate surface area is 111 Å². The molecule has 0 aliphatic carbocycles. The van der Waals surface area contributed by atoms with Crippen molar-refractivity contribution in [3.05, 3.63) is 30.3 Å². The van der Waals surface area contributed by atoms with Gasteiger partial charge in [0.2, 0.25) is 0 Å². The predicted molar refractivity (Wildman–Crippen MR) is 76.7 cm³/mol. The van der Waals surface area contributed by atoms with Crippen molar-refractivity contribution in [1.29, 1.82) is 0 Å². The normalized spacial score (nSPS) is 13.6. The molecule has 1 aromatic carbocycles. The molecule has 0 saturated heterocycles. The van der Waals surface area contributed by atoms with Crippen LogP contribution in [0.5, 0.6) is 0 Å². The van der Waals surface area contributed by atoms with Crippen molar-refractivity contribution in [3.8, 4) is 0 Å². The van der Waals surface area contributed by atoms with Gasteiger partial charge in [0.05, 0.1) is 20.7 Å². The molecular formula is C15H26NO2+. The molecule has 0 aromatic heterocycles. The minimum absolute atomic E-state index is 0.419. The monoisotopic (exact) mass is 252 g/mol. The number of benzene rings is 1. The number of rotatable bonds is 8. The highest BCUT2D eigenvalue weighted by molar-refractivity contribution is 5.41. The molecule has 3 nitrogen and oxygen atoms in total. The zero-order chi connectivity index (χ0) is 13.4. The molecule has 1 aromatic rings. The lowest BCUT2D eigenvalue weighted by atomic mass is 10.2. The predicted octanol–water partition coefficient (Wildman–Crippen LogP) is 2.43. The van der Waals surface area contributed by atoms with E-state index < -0.39 is 6.10 Å². The standard InChI is InChI=1S/C15H26NO2/c1-4-5-11-18-13-15(17)12-16(2,3)14-9-7-6-8-10-14/h6-10,15,17H,4-5,11-13H2,1-3H3/q+1. The van der Waals surface area contributed by atoms with E-state index in [1.807, 2.05) is 18.2 Å². The summed E-state index contributed by atoms with van der Waals surface area (Å²) in [7, 11) is 4.20. The second kappa shape index (κ2) is 7.52. The lowest BCUT2D eigenvalue weighted by Gasteiger charge is -2.31. The van der Waals surface area contributed by atoms with E-state index >= 15 is 0 Å². The van der Waals surface area contributed by atoms with Gasteiger partial charge in [-0.15, -0.1) is 0 Å². The maximum Gasteiger partial charge on any atom is 0.132 e. The Kier molecular flexibility index (Phi) is 6.33. The van der Waals surface area contributed by atoms with Gasteiger partial charge >= 0.3 is 0 Å². The minimum atomic E-state index is -0.419. The third-order valence-electron chi connectivity index (χ3n) is 3.07. The summed E-state index contributed by atoms with van der Waals surface area (Å²) in [5.41, 5.74) is 1.20. The van der Waals surface area contributed by atoms with Crippen LogP contribution < -0.4 is 4.48 Å². The van der Waals surface area contributed by atoms with E-state index in [1.165, 1.54) is 5.69 Å². The minimum Gasteiger partial charge on any atom is -0.385 e. The van der Waals surface area contributed by atoms with Crippen LogP contribution in [0.4, 0.5) is 5.69 Å². The summed E-state index contributed by atoms with van der Waals surface area (Å²) in [5.74, 6) is 0. The van der Waals surface area contributed by atoms with Gasteiger partial charge in [0.1, 0.15) is 18.3 Å². The molecule has 1 atom stereocenters. The molecule has 18 heavy (non-hydrogen) atoms. The maximum absolute atomic E-state index is 10.0. The SMILES string of the molecule is CCCCOCC(O)C[N+](C)(C)c1ccccc1. The Bertz CT molecular complexity index is 325. The van der Waals surface area contributed by atoms with Crippen LogP contribution in [0.1, 0.15) is 19.8 Å². The van der Waals surface area contributed by atoms with Gasteiger partial charge in [-0.25, -0.2) is 0 Å². The summed E-state index contributed by atoms with van der Waals surface area (Å²) >= 11 is 0. The molecule has 0 spiro atoms. The summed E-state index contributed by atoms with van der Waals surface area (Å²) in [5, 5.41) is 10.0. The molecule has 0 heterocycles. The summed E-state index contributed by atoms with van der Waals surface area (Å²) in [6.45, 7) is 3.96. The number of hydrogen-bond donors (Lipinski definition) is 1. The van der Waals surface area contributed by atoms with Crippen LogP contribution >= 0.6 is 0 Å². The van der Waals surface area contributed by atoms with Crippen molar-refractivity contribution in [2.45, 2.75) is 25.9 Å². The molecule has 3 heteroatoms. The number of aliphatic hydroxyl groups excluding tert-OH is 1. The molecule has 102 valence electrons. The zero-order valence-electron chi connectivity index (χ0n) is 11.8. The van der Waals surface area contributed by atoms with E-state index in [4.69, 9.17) is 4.74 Å². The second-order valence-corrected chi connectivity index (χ2v) is 5.29. The Hall–Kier alpha value is -0.900. The largest absolute Gasteiger partial charge is 0.385 e. The number of likely N-dealkylation sites (N-methyl/N-ethyl adjacent to an activating group) is 1. The molecule has 0 fully saturated rings. The van der Waals surface area contributed by atoms with E-state index in [0.29, 0.717) is 17.6 Å². The van der Waals surface area contributed by atoms with Gasteiger partial charge in [0.25, 0.3) is 0 Å². The van der Waals surface area contributed by atoms with Crippen molar-refractivity contribution in [3.63, 3.8) is 0 Å². The summed E-state index contributed by atoms with van der Waals surface area (Å²) in [4.78, 5) is 0. The van der Waals surface area contributed by atoms with E-state index in [0.717, 1.165) is 19.4 Å². The van der Waals surface area contributed by atoms with Gasteiger partial charge in [-0.05, 0) is 18.6 Å². The van der Waals surface area contributed by atoms with E-state index in [1.54, 1.807) is 0 Å².